The van der Waals surface area contributed by atoms with Crippen molar-refractivity contribution >= 4 is 5.69 Å². The molecule has 0 aliphatic rings. The van der Waals surface area contributed by atoms with Gasteiger partial charge in [-0.15, -0.1) is 0 Å². The van der Waals surface area contributed by atoms with E-state index in [0.29, 0.717) is 6.07 Å². The summed E-state index contributed by atoms with van der Waals surface area (Å²) in [6, 6.07) is 7.05. The van der Waals surface area contributed by atoms with Crippen molar-refractivity contribution in [3.05, 3.63) is 69.3 Å². The molecule has 0 fully saturated rings. The van der Waals surface area contributed by atoms with E-state index in [1.54, 1.807) is 13.0 Å². The Morgan fingerprint density at radius 3 is 2.64 bits per heavy atom. The molecule has 0 heterocycles. The van der Waals surface area contributed by atoms with E-state index in [0.717, 1.165) is 17.7 Å². The first-order valence-corrected chi connectivity index (χ1v) is 6.39. The van der Waals surface area contributed by atoms with Crippen molar-refractivity contribution in [3.63, 3.8) is 0 Å². The highest BCUT2D eigenvalue weighted by Gasteiger charge is 2.19. The number of hydrogen-bond donors (Lipinski definition) is 1. The van der Waals surface area contributed by atoms with Gasteiger partial charge in [0.1, 0.15) is 24.3 Å². The Kier molecular flexibility index (Phi) is 4.67. The van der Waals surface area contributed by atoms with Gasteiger partial charge >= 0.3 is 5.69 Å². The fourth-order valence-electron chi connectivity index (χ4n) is 1.92. The number of aliphatic hydroxyl groups is 1. The van der Waals surface area contributed by atoms with Crippen LogP contribution in [-0.4, -0.2) is 16.6 Å². The van der Waals surface area contributed by atoms with Crippen molar-refractivity contribution < 1.29 is 23.5 Å². The second kappa shape index (κ2) is 6.48. The standard InChI is InChI=1S/C15H13F2NO4/c1-9-2-5-13(18(20)21)15(6-9)22-8-14(19)11-4-3-10(16)7-12(11)17/h2-7,14,19H,8H2,1H3. The number of aliphatic hydroxyl groups excluding tert-OH is 1. The third kappa shape index (κ3) is 3.56. The van der Waals surface area contributed by atoms with E-state index >= 15 is 0 Å². The summed E-state index contributed by atoms with van der Waals surface area (Å²) in [6.45, 7) is 1.33. The zero-order valence-electron chi connectivity index (χ0n) is 11.6. The Bertz CT molecular complexity index is 706. The smallest absolute Gasteiger partial charge is 0.310 e. The number of rotatable bonds is 5. The molecule has 1 atom stereocenters. The van der Waals surface area contributed by atoms with Gasteiger partial charge in [0.25, 0.3) is 0 Å². The second-order valence-corrected chi connectivity index (χ2v) is 4.72. The van der Waals surface area contributed by atoms with E-state index in [9.17, 15) is 24.0 Å². The van der Waals surface area contributed by atoms with Crippen LogP contribution in [0.4, 0.5) is 14.5 Å². The molecule has 0 saturated carbocycles. The normalized spacial score (nSPS) is 12.0. The van der Waals surface area contributed by atoms with Crippen LogP contribution in [0.5, 0.6) is 5.75 Å². The fraction of sp³-hybridized carbons (Fsp3) is 0.200. The molecule has 0 bridgehead atoms. The van der Waals surface area contributed by atoms with E-state index < -0.39 is 29.3 Å². The Hall–Kier alpha value is -2.54. The molecule has 2 rings (SSSR count). The number of nitro benzene ring substituents is 1. The maximum absolute atomic E-state index is 13.5. The topological polar surface area (TPSA) is 72.6 Å². The Morgan fingerprint density at radius 2 is 2.00 bits per heavy atom. The molecule has 0 aliphatic heterocycles. The molecule has 116 valence electrons. The van der Waals surface area contributed by atoms with Gasteiger partial charge in [0, 0.05) is 17.7 Å². The maximum Gasteiger partial charge on any atom is 0.310 e. The summed E-state index contributed by atoms with van der Waals surface area (Å²) in [5, 5.41) is 20.8. The average Bonchev–Trinajstić information content (AvgIpc) is 2.44. The summed E-state index contributed by atoms with van der Waals surface area (Å²) in [4.78, 5) is 10.3. The quantitative estimate of drug-likeness (QED) is 0.679. The number of hydrogen-bond acceptors (Lipinski definition) is 4. The van der Waals surface area contributed by atoms with Crippen LogP contribution in [0.2, 0.25) is 0 Å². The highest BCUT2D eigenvalue weighted by Crippen LogP contribution is 2.29. The van der Waals surface area contributed by atoms with Gasteiger partial charge < -0.3 is 9.84 Å². The lowest BCUT2D eigenvalue weighted by Crippen LogP contribution is -2.12. The van der Waals surface area contributed by atoms with Gasteiger partial charge in [-0.05, 0) is 24.6 Å². The predicted molar refractivity (Wildman–Crippen MR) is 74.6 cm³/mol. The van der Waals surface area contributed by atoms with E-state index in [1.165, 1.54) is 12.1 Å². The van der Waals surface area contributed by atoms with Gasteiger partial charge in [0.2, 0.25) is 0 Å². The third-order valence-electron chi connectivity index (χ3n) is 3.03. The van der Waals surface area contributed by atoms with Crippen LogP contribution in [0.15, 0.2) is 36.4 Å². The van der Waals surface area contributed by atoms with Crippen molar-refractivity contribution in [2.24, 2.45) is 0 Å². The van der Waals surface area contributed by atoms with E-state index in [1.807, 2.05) is 0 Å². The molecule has 0 amide bonds. The highest BCUT2D eigenvalue weighted by molar-refractivity contribution is 5.48. The molecule has 1 unspecified atom stereocenters. The van der Waals surface area contributed by atoms with Gasteiger partial charge in [-0.3, -0.25) is 10.1 Å². The number of halogens is 2. The lowest BCUT2D eigenvalue weighted by molar-refractivity contribution is -0.385. The van der Waals surface area contributed by atoms with Gasteiger partial charge in [0.05, 0.1) is 4.92 Å². The van der Waals surface area contributed by atoms with Crippen LogP contribution in [0, 0.1) is 28.7 Å². The first-order valence-electron chi connectivity index (χ1n) is 6.39. The minimum Gasteiger partial charge on any atom is -0.484 e. The Labute approximate surface area is 124 Å². The summed E-state index contributed by atoms with van der Waals surface area (Å²) in [5.41, 5.74) is 0.345. The Morgan fingerprint density at radius 1 is 1.27 bits per heavy atom. The highest BCUT2D eigenvalue weighted by atomic mass is 19.1. The third-order valence-corrected chi connectivity index (χ3v) is 3.03. The maximum atomic E-state index is 13.5. The molecule has 7 heteroatoms. The first kappa shape index (κ1) is 15.8. The van der Waals surface area contributed by atoms with Crippen LogP contribution < -0.4 is 4.74 Å². The number of benzene rings is 2. The minimum absolute atomic E-state index is 0.0217. The molecular weight excluding hydrogens is 296 g/mol. The number of ether oxygens (including phenoxy) is 1. The SMILES string of the molecule is Cc1ccc([N+](=O)[O-])c(OCC(O)c2ccc(F)cc2F)c1. The van der Waals surface area contributed by atoms with Gasteiger partial charge in [-0.2, -0.15) is 0 Å². The monoisotopic (exact) mass is 309 g/mol. The zero-order chi connectivity index (χ0) is 16.3. The molecule has 0 aliphatic carbocycles. The number of nitro groups is 1. The van der Waals surface area contributed by atoms with Gasteiger partial charge in [0.15, 0.2) is 5.75 Å². The zero-order valence-corrected chi connectivity index (χ0v) is 11.6. The molecule has 0 aromatic heterocycles. The summed E-state index contributed by atoms with van der Waals surface area (Å²) in [7, 11) is 0. The fourth-order valence-corrected chi connectivity index (χ4v) is 1.92. The first-order chi connectivity index (χ1) is 10.4. The van der Waals surface area contributed by atoms with Crippen molar-refractivity contribution in [1.29, 1.82) is 0 Å². The van der Waals surface area contributed by atoms with Crippen molar-refractivity contribution in [1.82, 2.24) is 0 Å². The predicted octanol–water partition coefficient (Wildman–Crippen LogP) is 3.29. The molecule has 0 spiro atoms. The molecule has 1 N–H and O–H groups in total. The summed E-state index contributed by atoms with van der Waals surface area (Å²) >= 11 is 0. The lowest BCUT2D eigenvalue weighted by Gasteiger charge is -2.14. The summed E-state index contributed by atoms with van der Waals surface area (Å²) in [6.07, 6.45) is -1.37. The molecule has 2 aromatic carbocycles. The number of nitrogens with zero attached hydrogens (tertiary/aromatic N) is 1. The molecule has 2 aromatic rings. The van der Waals surface area contributed by atoms with E-state index in [-0.39, 0.29) is 17.0 Å². The molecule has 0 saturated heterocycles. The van der Waals surface area contributed by atoms with Crippen LogP contribution in [0.25, 0.3) is 0 Å². The van der Waals surface area contributed by atoms with Crippen LogP contribution >= 0.6 is 0 Å². The van der Waals surface area contributed by atoms with E-state index in [2.05, 4.69) is 0 Å². The average molecular weight is 309 g/mol. The van der Waals surface area contributed by atoms with Crippen LogP contribution in [-0.2, 0) is 0 Å². The van der Waals surface area contributed by atoms with Crippen molar-refractivity contribution in [2.75, 3.05) is 6.61 Å². The summed E-state index contributed by atoms with van der Waals surface area (Å²) < 4.78 is 31.6. The van der Waals surface area contributed by atoms with Crippen molar-refractivity contribution in [2.45, 2.75) is 13.0 Å². The van der Waals surface area contributed by atoms with Crippen LogP contribution in [0.1, 0.15) is 17.2 Å². The number of aryl methyl sites for hydroxylation is 1. The minimum atomic E-state index is -1.37. The molecular formula is C15H13F2NO4. The van der Waals surface area contributed by atoms with Gasteiger partial charge in [-0.25, -0.2) is 8.78 Å². The van der Waals surface area contributed by atoms with Gasteiger partial charge in [-0.1, -0.05) is 12.1 Å². The van der Waals surface area contributed by atoms with E-state index in [4.69, 9.17) is 4.74 Å². The lowest BCUT2D eigenvalue weighted by atomic mass is 10.1. The second-order valence-electron chi connectivity index (χ2n) is 4.72. The van der Waals surface area contributed by atoms with Crippen molar-refractivity contribution in [3.8, 4) is 5.75 Å². The largest absolute Gasteiger partial charge is 0.484 e. The molecule has 22 heavy (non-hydrogen) atoms. The molecule has 5 nitrogen and oxygen atoms in total. The van der Waals surface area contributed by atoms with Crippen LogP contribution in [0.3, 0.4) is 0 Å². The molecule has 0 radical (unpaired) electrons. The Balaban J connectivity index is 2.16. The summed E-state index contributed by atoms with van der Waals surface area (Å²) in [5.74, 6) is -1.69.